The van der Waals surface area contributed by atoms with Crippen molar-refractivity contribution in [1.82, 2.24) is 40.9 Å². The van der Waals surface area contributed by atoms with Gasteiger partial charge in [0.05, 0.1) is 19.7 Å². The Morgan fingerprint density at radius 2 is 0.590 bits per heavy atom. The minimum absolute atomic E-state index is 0. The summed E-state index contributed by atoms with van der Waals surface area (Å²) in [6, 6.07) is 15.5. The van der Waals surface area contributed by atoms with E-state index in [4.69, 9.17) is 18.6 Å². The number of nitrogens with zero attached hydrogens (tertiary/aromatic N) is 8. The van der Waals surface area contributed by atoms with Crippen molar-refractivity contribution in [3.05, 3.63) is 136 Å². The van der Waals surface area contributed by atoms with Gasteiger partial charge in [0.25, 0.3) is 22.7 Å². The molecule has 4 aromatic carbocycles. The van der Waals surface area contributed by atoms with Gasteiger partial charge in [0.15, 0.2) is 0 Å². The molecule has 442 valence electrons. The predicted molar refractivity (Wildman–Crippen MR) is 256 cm³/mol. The van der Waals surface area contributed by atoms with E-state index in [2.05, 4.69) is 40.9 Å². The molecule has 0 saturated carbocycles. The minimum Gasteiger partial charge on any atom is -0.872 e. The fraction of sp³-hybridized carbons (Fsp3) is 0.455. The van der Waals surface area contributed by atoms with E-state index in [1.165, 1.54) is 72.8 Å². The molecule has 6 rings (SSSR count). The van der Waals surface area contributed by atoms with Gasteiger partial charge in [-0.05, 0) is 22.8 Å². The van der Waals surface area contributed by atoms with Crippen LogP contribution in [-0.4, -0.2) is 166 Å². The first kappa shape index (κ1) is 74.5. The van der Waals surface area contributed by atoms with E-state index in [1.54, 1.807) is 0 Å². The Morgan fingerprint density at radius 1 is 0.397 bits per heavy atom. The van der Waals surface area contributed by atoms with Gasteiger partial charge in [-0.25, -0.2) is 18.6 Å². The van der Waals surface area contributed by atoms with Crippen molar-refractivity contribution in [2.75, 3.05) is 105 Å². The van der Waals surface area contributed by atoms with Crippen LogP contribution in [-0.2, 0) is 60.3 Å². The van der Waals surface area contributed by atoms with Crippen LogP contribution in [0, 0.1) is 50.7 Å². The maximum Gasteiger partial charge on any atom is 2.00 e. The molecule has 31 nitrogen and oxygen atoms in total. The molecule has 2 radical (unpaired) electrons. The third kappa shape index (κ3) is 27.8. The smallest absolute Gasteiger partial charge is 0.872 e. The number of halogens is 1. The number of aromatic hydroxyl groups is 1. The van der Waals surface area contributed by atoms with Crippen LogP contribution in [0.25, 0.3) is 0 Å². The van der Waals surface area contributed by atoms with Crippen LogP contribution >= 0.6 is 0 Å². The van der Waals surface area contributed by atoms with E-state index >= 15 is 0 Å². The van der Waals surface area contributed by atoms with Crippen LogP contribution in [0.2, 0.25) is 0 Å². The van der Waals surface area contributed by atoms with Crippen LogP contribution in [0.15, 0.2) is 72.8 Å². The zero-order valence-electron chi connectivity index (χ0n) is 41.7. The molecule has 2 aliphatic heterocycles. The van der Waals surface area contributed by atoms with Crippen molar-refractivity contribution in [1.29, 1.82) is 0 Å². The number of non-ortho nitro benzene ring substituents is 4. The van der Waals surface area contributed by atoms with Gasteiger partial charge in [-0.15, -0.1) is 27.5 Å². The van der Waals surface area contributed by atoms with Crippen molar-refractivity contribution in [3.8, 4) is 23.0 Å². The first-order chi connectivity index (χ1) is 34.7. The van der Waals surface area contributed by atoms with Gasteiger partial charge in [-0.2, -0.15) is 0 Å². The maximum absolute atomic E-state index is 12.2. The Balaban J connectivity index is 0. The maximum atomic E-state index is 12.2. The monoisotopic (exact) mass is 1220 g/mol. The number of benzene rings is 4. The zero-order valence-corrected chi connectivity index (χ0v) is 44.3. The summed E-state index contributed by atoms with van der Waals surface area (Å²) in [6.07, 6.45) is 0. The van der Waals surface area contributed by atoms with Crippen LogP contribution in [0.3, 0.4) is 0 Å². The van der Waals surface area contributed by atoms with Crippen molar-refractivity contribution < 1.29 is 120 Å². The van der Waals surface area contributed by atoms with Crippen LogP contribution in [0.1, 0.15) is 22.3 Å². The molecule has 0 unspecified atom stereocenters. The molecule has 2 saturated heterocycles. The Hall–Kier alpha value is -5.59. The largest absolute Gasteiger partial charge is 2.00 e. The van der Waals surface area contributed by atoms with Gasteiger partial charge in [-0.1, -0.05) is 18.2 Å². The fourth-order valence-electron chi connectivity index (χ4n) is 7.66. The number of rotatable bonds is 12. The van der Waals surface area contributed by atoms with Gasteiger partial charge >= 0.3 is 34.1 Å². The fourth-order valence-corrected chi connectivity index (χ4v) is 7.66. The van der Waals surface area contributed by atoms with Gasteiger partial charge in [0.2, 0.25) is 0 Å². The van der Waals surface area contributed by atoms with E-state index in [9.17, 15) is 60.9 Å². The first-order valence-corrected chi connectivity index (χ1v) is 24.0. The Kier molecular flexibility index (Phi) is 36.4. The topological polar surface area (TPSA) is 510 Å². The molecule has 0 atom stereocenters. The SMILES string of the molecule is O.O.O.O=[N+]([O-])c1ccc([O-])c(CN2CCNCCN(Cc3cc([N+](=O)[O-])ccc3O)CCNCC2)c1.O=[N+]([O-])c1ccc([O-])c(CN2CCNCCN(Cc3cc([N+](=O)[O-])ccc3[O-])CCNCC2)c1.[Cu+2].[Cu+2].[O-][Cl+3]([O-])([O-])[O-]. The van der Waals surface area contributed by atoms with Crippen molar-refractivity contribution in [3.63, 3.8) is 0 Å². The van der Waals surface area contributed by atoms with E-state index in [0.717, 1.165) is 0 Å². The first-order valence-electron chi connectivity index (χ1n) is 22.8. The second kappa shape index (κ2) is 38.1. The van der Waals surface area contributed by atoms with Crippen LogP contribution < -0.4 is 55.2 Å². The summed E-state index contributed by atoms with van der Waals surface area (Å²) in [5.74, 6) is -0.607. The Labute approximate surface area is 470 Å². The Bertz CT molecular complexity index is 2110. The molecule has 0 aliphatic carbocycles. The van der Waals surface area contributed by atoms with Gasteiger partial charge in [-0.3, -0.25) is 60.1 Å². The molecule has 2 fully saturated rings. The summed E-state index contributed by atoms with van der Waals surface area (Å²) in [4.78, 5) is 50.5. The molecule has 0 spiro atoms. The van der Waals surface area contributed by atoms with Gasteiger partial charge in [0.1, 0.15) is 5.75 Å². The molecule has 2 aliphatic rings. The summed E-state index contributed by atoms with van der Waals surface area (Å²) >= 11 is 0. The van der Waals surface area contributed by atoms with Crippen LogP contribution in [0.5, 0.6) is 23.0 Å². The number of hydrogen-bond donors (Lipinski definition) is 5. The van der Waals surface area contributed by atoms with E-state index in [0.29, 0.717) is 153 Å². The van der Waals surface area contributed by atoms with E-state index in [-0.39, 0.29) is 96.3 Å². The molecular weight excluding hydrogens is 1160 g/mol. The molecule has 2 heterocycles. The molecule has 0 bridgehead atoms. The molecule has 4 aromatic rings. The quantitative estimate of drug-likeness (QED) is 0.0500. The molecule has 0 aromatic heterocycles. The normalized spacial score (nSPS) is 15.5. The van der Waals surface area contributed by atoms with E-state index in [1.807, 2.05) is 0 Å². The van der Waals surface area contributed by atoms with Crippen LogP contribution in [0.4, 0.5) is 22.7 Å². The molecular formula is C44H63ClCu2N12O19. The second-order valence-electron chi connectivity index (χ2n) is 16.7. The summed E-state index contributed by atoms with van der Waals surface area (Å²) < 4.78 is 34.0. The average Bonchev–Trinajstić information content (AvgIpc) is 3.31. The number of nitrogens with one attached hydrogen (secondary N) is 4. The van der Waals surface area contributed by atoms with Crippen molar-refractivity contribution in [2.45, 2.75) is 26.2 Å². The van der Waals surface area contributed by atoms with E-state index < -0.39 is 29.9 Å². The zero-order chi connectivity index (χ0) is 53.5. The second-order valence-corrected chi connectivity index (χ2v) is 17.5. The predicted octanol–water partition coefficient (Wildman–Crippen LogP) is -6.31. The number of hydrogen-bond acceptors (Lipinski definition) is 24. The summed E-state index contributed by atoms with van der Waals surface area (Å²) in [7, 11) is -4.94. The average molecular weight is 1230 g/mol. The number of phenols is 1. The molecule has 11 N–H and O–H groups in total. The van der Waals surface area contributed by atoms with Crippen molar-refractivity contribution in [2.24, 2.45) is 0 Å². The van der Waals surface area contributed by atoms with Gasteiger partial charge < -0.3 is 58.1 Å². The molecule has 78 heavy (non-hydrogen) atoms. The number of nitro groups is 4. The number of phenolic OH excluding ortho intramolecular Hbond substituents is 1. The summed E-state index contributed by atoms with van der Waals surface area (Å²) in [5.41, 5.74) is 1.40. The third-order valence-electron chi connectivity index (χ3n) is 11.5. The Morgan fingerprint density at radius 3 is 0.808 bits per heavy atom. The van der Waals surface area contributed by atoms with Crippen molar-refractivity contribution >= 4 is 22.7 Å². The van der Waals surface area contributed by atoms with Gasteiger partial charge in [0, 0.05) is 185 Å². The third-order valence-corrected chi connectivity index (χ3v) is 11.5. The number of nitro benzene ring substituents is 4. The molecule has 0 amide bonds. The summed E-state index contributed by atoms with van der Waals surface area (Å²) in [5, 5.41) is 104. The summed E-state index contributed by atoms with van der Waals surface area (Å²) in [6.45, 7) is 12.0. The minimum atomic E-state index is -4.94. The molecule has 34 heteroatoms. The standard InChI is InChI=1S/2C22H30N6O6.ClHO4.2Cu.3H2O/c2*29-21-3-1-19(27(31)32)13-17(21)15-25-9-5-23-7-11-26(12-8-24-6-10-25)16-18-14-20(28(33)34)2-4-22(18)30;2-1(3,4)5;;;;;/h2*1-4,13-14,23-24,29-30H,5-12,15-16H2;(H,2,3,4,5);;;3*1H2/q;;;2*+2;;;/p-4.